The van der Waals surface area contributed by atoms with Crippen molar-refractivity contribution in [1.82, 2.24) is 19.9 Å². The van der Waals surface area contributed by atoms with Gasteiger partial charge in [0.15, 0.2) is 11.5 Å². The van der Waals surface area contributed by atoms with Crippen molar-refractivity contribution in [3.8, 4) is 0 Å². The van der Waals surface area contributed by atoms with Crippen LogP contribution < -0.4 is 5.32 Å². The zero-order valence-electron chi connectivity index (χ0n) is 17.2. The molecular formula is C21H23ClFN5O4. The SMILES string of the molecule is C=C(C)C(=O)Nc1ncnc2nc[nH]c12.OC1CCC(C(O)c2ccc(F)c(Cl)c2)C1O. The molecule has 2 heterocycles. The zero-order chi connectivity index (χ0) is 23.4. The minimum atomic E-state index is -0.950. The van der Waals surface area contributed by atoms with Crippen molar-refractivity contribution in [1.29, 1.82) is 0 Å². The monoisotopic (exact) mass is 463 g/mol. The smallest absolute Gasteiger partial charge is 0.251 e. The highest BCUT2D eigenvalue weighted by molar-refractivity contribution is 6.30. The number of aliphatic hydroxyl groups is 3. The quantitative estimate of drug-likeness (QED) is 0.374. The molecule has 1 aliphatic carbocycles. The van der Waals surface area contributed by atoms with E-state index in [1.165, 1.54) is 30.9 Å². The first-order valence-electron chi connectivity index (χ1n) is 9.79. The van der Waals surface area contributed by atoms with Gasteiger partial charge in [0.05, 0.1) is 29.7 Å². The fourth-order valence-corrected chi connectivity index (χ4v) is 3.54. The van der Waals surface area contributed by atoms with E-state index in [2.05, 4.69) is 31.8 Å². The van der Waals surface area contributed by atoms with Crippen LogP contribution in [0.15, 0.2) is 43.0 Å². The number of benzene rings is 1. The summed E-state index contributed by atoms with van der Waals surface area (Å²) in [6.07, 6.45) is 1.13. The number of anilines is 1. The van der Waals surface area contributed by atoms with E-state index in [0.29, 0.717) is 41.0 Å². The van der Waals surface area contributed by atoms with Crippen molar-refractivity contribution in [2.24, 2.45) is 5.92 Å². The number of aromatic amines is 1. The summed E-state index contributed by atoms with van der Waals surface area (Å²) in [4.78, 5) is 26.0. The van der Waals surface area contributed by atoms with E-state index in [-0.39, 0.29) is 10.9 Å². The number of amides is 1. The van der Waals surface area contributed by atoms with Gasteiger partial charge in [-0.05, 0) is 37.5 Å². The number of nitrogens with one attached hydrogen (secondary N) is 2. The Morgan fingerprint density at radius 3 is 2.69 bits per heavy atom. The van der Waals surface area contributed by atoms with E-state index >= 15 is 0 Å². The maximum absolute atomic E-state index is 13.0. The fourth-order valence-electron chi connectivity index (χ4n) is 3.35. The second-order valence-electron chi connectivity index (χ2n) is 7.48. The Balaban J connectivity index is 0.000000182. The van der Waals surface area contributed by atoms with Crippen LogP contribution in [-0.4, -0.2) is 53.4 Å². The van der Waals surface area contributed by atoms with Gasteiger partial charge in [0.2, 0.25) is 0 Å². The average Bonchev–Trinajstić information content (AvgIpc) is 3.37. The summed E-state index contributed by atoms with van der Waals surface area (Å²) < 4.78 is 13.0. The first-order chi connectivity index (χ1) is 15.2. The molecule has 1 saturated carbocycles. The number of rotatable bonds is 4. The van der Waals surface area contributed by atoms with E-state index in [1.54, 1.807) is 6.92 Å². The number of carbonyl (C=O) groups is 1. The van der Waals surface area contributed by atoms with Crippen LogP contribution >= 0.6 is 11.6 Å². The Bertz CT molecular complexity index is 1120. The molecule has 0 spiro atoms. The van der Waals surface area contributed by atoms with Gasteiger partial charge in [0.25, 0.3) is 5.91 Å². The molecule has 4 atom stereocenters. The number of imidazole rings is 1. The number of aliphatic hydroxyl groups excluding tert-OH is 3. The number of aromatic nitrogens is 4. The van der Waals surface area contributed by atoms with Crippen molar-refractivity contribution in [2.45, 2.75) is 38.1 Å². The molecule has 2 aromatic heterocycles. The van der Waals surface area contributed by atoms with Gasteiger partial charge >= 0.3 is 0 Å². The molecular weight excluding hydrogens is 441 g/mol. The number of halogens is 2. The first kappa shape index (κ1) is 23.7. The third-order valence-electron chi connectivity index (χ3n) is 5.16. The summed E-state index contributed by atoms with van der Waals surface area (Å²) >= 11 is 5.63. The van der Waals surface area contributed by atoms with Crippen LogP contribution in [0.2, 0.25) is 5.02 Å². The Kier molecular flexibility index (Phi) is 7.52. The molecule has 4 unspecified atom stereocenters. The summed E-state index contributed by atoms with van der Waals surface area (Å²) in [5.74, 6) is -0.851. The van der Waals surface area contributed by atoms with Gasteiger partial charge in [0.1, 0.15) is 17.7 Å². The lowest BCUT2D eigenvalue weighted by Gasteiger charge is -2.22. The van der Waals surface area contributed by atoms with Crippen molar-refractivity contribution in [3.05, 3.63) is 59.4 Å². The number of nitrogens with zero attached hydrogens (tertiary/aromatic N) is 3. The lowest BCUT2D eigenvalue weighted by molar-refractivity contribution is -0.112. The molecule has 4 rings (SSSR count). The molecule has 0 radical (unpaired) electrons. The Hall–Kier alpha value is -2.92. The molecule has 5 N–H and O–H groups in total. The van der Waals surface area contributed by atoms with Gasteiger partial charge in [-0.25, -0.2) is 19.3 Å². The van der Waals surface area contributed by atoms with Gasteiger partial charge in [-0.3, -0.25) is 4.79 Å². The van der Waals surface area contributed by atoms with Crippen LogP contribution in [0.4, 0.5) is 10.2 Å². The predicted molar refractivity (Wildman–Crippen MR) is 116 cm³/mol. The van der Waals surface area contributed by atoms with Crippen LogP contribution in [0.25, 0.3) is 11.2 Å². The summed E-state index contributed by atoms with van der Waals surface area (Å²) in [5.41, 5.74) is 1.99. The molecule has 11 heteroatoms. The molecule has 1 aromatic carbocycles. The van der Waals surface area contributed by atoms with Gasteiger partial charge in [-0.1, -0.05) is 24.2 Å². The molecule has 0 bridgehead atoms. The molecule has 32 heavy (non-hydrogen) atoms. The zero-order valence-corrected chi connectivity index (χ0v) is 17.9. The van der Waals surface area contributed by atoms with Gasteiger partial charge in [-0.15, -0.1) is 0 Å². The molecule has 1 fully saturated rings. The van der Waals surface area contributed by atoms with Crippen molar-refractivity contribution in [2.75, 3.05) is 5.32 Å². The van der Waals surface area contributed by atoms with Crippen LogP contribution in [-0.2, 0) is 4.79 Å². The minimum Gasteiger partial charge on any atom is -0.390 e. The van der Waals surface area contributed by atoms with Crippen molar-refractivity contribution >= 4 is 34.5 Å². The lowest BCUT2D eigenvalue weighted by atomic mass is 9.92. The highest BCUT2D eigenvalue weighted by Gasteiger charge is 2.38. The van der Waals surface area contributed by atoms with Crippen LogP contribution in [0.3, 0.4) is 0 Å². The summed E-state index contributed by atoms with van der Waals surface area (Å²) in [7, 11) is 0. The summed E-state index contributed by atoms with van der Waals surface area (Å²) in [6.45, 7) is 5.16. The van der Waals surface area contributed by atoms with Crippen LogP contribution in [0, 0.1) is 11.7 Å². The largest absolute Gasteiger partial charge is 0.390 e. The topological polar surface area (TPSA) is 144 Å². The highest BCUT2D eigenvalue weighted by atomic mass is 35.5. The van der Waals surface area contributed by atoms with Gasteiger partial charge in [-0.2, -0.15) is 0 Å². The molecule has 170 valence electrons. The molecule has 0 aliphatic heterocycles. The van der Waals surface area contributed by atoms with E-state index in [0.717, 1.165) is 0 Å². The Labute approximate surface area is 188 Å². The number of fused-ring (bicyclic) bond motifs is 1. The number of hydrogen-bond acceptors (Lipinski definition) is 7. The second kappa shape index (κ2) is 10.1. The summed E-state index contributed by atoms with van der Waals surface area (Å²) in [6, 6.07) is 3.96. The highest BCUT2D eigenvalue weighted by Crippen LogP contribution is 2.37. The fraction of sp³-hybridized carbons (Fsp3) is 0.333. The molecule has 1 aliphatic rings. The Morgan fingerprint density at radius 2 is 2.06 bits per heavy atom. The normalized spacial score (nSPS) is 21.0. The van der Waals surface area contributed by atoms with Gasteiger partial charge < -0.3 is 25.6 Å². The van der Waals surface area contributed by atoms with Gasteiger partial charge in [0, 0.05) is 11.5 Å². The molecule has 0 saturated heterocycles. The van der Waals surface area contributed by atoms with Crippen LogP contribution in [0.5, 0.6) is 0 Å². The number of hydrogen-bond donors (Lipinski definition) is 5. The molecule has 3 aromatic rings. The summed E-state index contributed by atoms with van der Waals surface area (Å²) in [5, 5.41) is 31.7. The van der Waals surface area contributed by atoms with Crippen LogP contribution in [0.1, 0.15) is 31.4 Å². The van der Waals surface area contributed by atoms with Crippen molar-refractivity contribution < 1.29 is 24.5 Å². The average molecular weight is 464 g/mol. The van der Waals surface area contributed by atoms with Crippen molar-refractivity contribution in [3.63, 3.8) is 0 Å². The van der Waals surface area contributed by atoms with E-state index in [1.807, 2.05) is 0 Å². The minimum absolute atomic E-state index is 0.0606. The lowest BCUT2D eigenvalue weighted by Crippen LogP contribution is -2.28. The van der Waals surface area contributed by atoms with E-state index in [9.17, 15) is 24.5 Å². The second-order valence-corrected chi connectivity index (χ2v) is 7.88. The standard InChI is InChI=1S/C12H14ClFO3.C9H9N5O/c13-8-5-6(1-3-9(8)14)11(16)7-2-4-10(15)12(7)17;1-5(2)9(15)14-8-6-7(11-3-10-6)12-4-13-8/h1,3,5,7,10-12,15-17H,2,4H2;3-4H,1H2,2H3,(H2,10,11,12,13,14,15). The van der Waals surface area contributed by atoms with E-state index in [4.69, 9.17) is 11.6 Å². The first-order valence-corrected chi connectivity index (χ1v) is 10.2. The number of carbonyl (C=O) groups excluding carboxylic acids is 1. The third kappa shape index (κ3) is 5.28. The third-order valence-corrected chi connectivity index (χ3v) is 5.45. The maximum atomic E-state index is 13.0. The molecule has 1 amide bonds. The predicted octanol–water partition coefficient (Wildman–Crippen LogP) is 2.51. The maximum Gasteiger partial charge on any atom is 0.251 e. The van der Waals surface area contributed by atoms with E-state index < -0.39 is 30.0 Å². The molecule has 9 nitrogen and oxygen atoms in total. The Morgan fingerprint density at radius 1 is 1.31 bits per heavy atom. The number of H-pyrrole nitrogens is 1.